The molecule has 0 spiro atoms. The second-order valence-electron chi connectivity index (χ2n) is 18.3. The van der Waals surface area contributed by atoms with Crippen molar-refractivity contribution in [1.29, 1.82) is 0 Å². The van der Waals surface area contributed by atoms with Crippen molar-refractivity contribution in [3.8, 4) is 33.1 Å². The van der Waals surface area contributed by atoms with Gasteiger partial charge in [0, 0.05) is 30.9 Å². The van der Waals surface area contributed by atoms with Crippen molar-refractivity contribution >= 4 is 64.3 Å². The van der Waals surface area contributed by atoms with E-state index in [0.717, 1.165) is 50.5 Å². The summed E-state index contributed by atoms with van der Waals surface area (Å²) < 4.78 is 8.59. The molecule has 2 N–H and O–H groups in total. The molecule has 8 aromatic carbocycles. The number of fused-ring (bicyclic) bond motifs is 4. The van der Waals surface area contributed by atoms with Gasteiger partial charge in [-0.15, -0.1) is 0 Å². The maximum Gasteiger partial charge on any atom is 0.343 e. The van der Waals surface area contributed by atoms with Crippen molar-refractivity contribution in [2.75, 3.05) is 0 Å². The van der Waals surface area contributed by atoms with Gasteiger partial charge in [-0.1, -0.05) is 189 Å². The molecule has 12 rings (SSSR count). The summed E-state index contributed by atoms with van der Waals surface area (Å²) in [6.07, 6.45) is 3.34. The highest BCUT2D eigenvalue weighted by Gasteiger charge is 2.35. The van der Waals surface area contributed by atoms with Crippen LogP contribution < -0.4 is 11.1 Å². The van der Waals surface area contributed by atoms with Crippen LogP contribution in [0.1, 0.15) is 81.0 Å². The molecule has 0 amide bonds. The summed E-state index contributed by atoms with van der Waals surface area (Å²) in [4.78, 5) is 26.7. The summed E-state index contributed by atoms with van der Waals surface area (Å²) in [5.41, 5.74) is 12.7. The molecule has 0 fully saturated rings. The van der Waals surface area contributed by atoms with E-state index >= 15 is 0 Å². The SMILES string of the molecule is O=c1c(C2CC(c3ccc(-c4ccc(Br)cc4)cc3)Cc3ccccc32)c(O)sc2ccccc12.O=c1oc2ccccc2c(O)c1C1CC(c2ccc(-c3ccc(Br)cc3)cc2)Cc2ccccc21. The Morgan fingerprint density at radius 2 is 0.900 bits per heavy atom. The van der Waals surface area contributed by atoms with Gasteiger partial charge in [0.2, 0.25) is 0 Å². The fourth-order valence-corrected chi connectivity index (χ4v) is 12.3. The zero-order valence-electron chi connectivity index (χ0n) is 37.9. The molecule has 4 unspecified atom stereocenters. The lowest BCUT2D eigenvalue weighted by Gasteiger charge is -2.32. The van der Waals surface area contributed by atoms with Crippen LogP contribution in [-0.4, -0.2) is 10.2 Å². The molecular formula is C62H46Br2O5S. The summed E-state index contributed by atoms with van der Waals surface area (Å²) >= 11 is 8.30. The third kappa shape index (κ3) is 8.96. The molecular weight excluding hydrogens is 1020 g/mol. The molecule has 0 aliphatic heterocycles. The number of aromatic hydroxyl groups is 2. The van der Waals surface area contributed by atoms with E-state index < -0.39 is 5.63 Å². The van der Waals surface area contributed by atoms with Crippen LogP contribution in [0.4, 0.5) is 0 Å². The first-order valence-electron chi connectivity index (χ1n) is 23.5. The van der Waals surface area contributed by atoms with Gasteiger partial charge in [0.25, 0.3) is 0 Å². The Hall–Kier alpha value is -6.84. The first kappa shape index (κ1) is 45.6. The van der Waals surface area contributed by atoms with Crippen molar-refractivity contribution in [2.24, 2.45) is 0 Å². The van der Waals surface area contributed by atoms with Crippen molar-refractivity contribution in [3.63, 3.8) is 0 Å². The minimum absolute atomic E-state index is 0.0305. The van der Waals surface area contributed by atoms with Crippen LogP contribution >= 0.6 is 43.2 Å². The quantitative estimate of drug-likeness (QED) is 0.162. The molecule has 5 nitrogen and oxygen atoms in total. The highest BCUT2D eigenvalue weighted by atomic mass is 79.9. The summed E-state index contributed by atoms with van der Waals surface area (Å²) in [5.74, 6) is 0.146. The van der Waals surface area contributed by atoms with Gasteiger partial charge >= 0.3 is 5.63 Å². The molecule has 70 heavy (non-hydrogen) atoms. The number of halogens is 2. The van der Waals surface area contributed by atoms with Gasteiger partial charge in [0.05, 0.1) is 16.5 Å². The Morgan fingerprint density at radius 3 is 1.43 bits per heavy atom. The van der Waals surface area contributed by atoms with Crippen LogP contribution in [0.15, 0.2) is 217 Å². The average Bonchev–Trinajstić information content (AvgIpc) is 3.39. The maximum absolute atomic E-state index is 13.6. The fraction of sp³-hybridized carbons (Fsp3) is 0.129. The monoisotopic (exact) mass is 1060 g/mol. The lowest BCUT2D eigenvalue weighted by Crippen LogP contribution is -2.23. The van der Waals surface area contributed by atoms with Crippen LogP contribution in [0.3, 0.4) is 0 Å². The van der Waals surface area contributed by atoms with Crippen molar-refractivity contribution in [2.45, 2.75) is 49.4 Å². The maximum atomic E-state index is 13.6. The number of rotatable bonds is 6. The number of hydrogen-bond donors (Lipinski definition) is 2. The van der Waals surface area contributed by atoms with E-state index in [4.69, 9.17) is 4.42 Å². The Kier molecular flexibility index (Phi) is 12.7. The summed E-state index contributed by atoms with van der Waals surface area (Å²) in [5, 5.41) is 23.6. The number of para-hydroxylation sites is 1. The molecule has 2 heterocycles. The van der Waals surface area contributed by atoms with Gasteiger partial charge < -0.3 is 14.6 Å². The van der Waals surface area contributed by atoms with E-state index in [9.17, 15) is 19.8 Å². The lowest BCUT2D eigenvalue weighted by atomic mass is 9.72. The van der Waals surface area contributed by atoms with E-state index in [2.05, 4.69) is 147 Å². The van der Waals surface area contributed by atoms with Crippen LogP contribution in [0.5, 0.6) is 10.8 Å². The van der Waals surface area contributed by atoms with Crippen molar-refractivity contribution in [3.05, 3.63) is 268 Å². The van der Waals surface area contributed by atoms with E-state index in [1.807, 2.05) is 60.7 Å². The van der Waals surface area contributed by atoms with Gasteiger partial charge in [0.1, 0.15) is 11.3 Å². The van der Waals surface area contributed by atoms with Gasteiger partial charge in [-0.3, -0.25) is 4.79 Å². The Morgan fingerprint density at radius 1 is 0.471 bits per heavy atom. The van der Waals surface area contributed by atoms with Crippen LogP contribution in [-0.2, 0) is 12.8 Å². The normalized spacial score (nSPS) is 17.3. The Bertz CT molecular complexity index is 3510. The highest BCUT2D eigenvalue weighted by molar-refractivity contribution is 9.10. The Balaban J connectivity index is 0.000000152. The lowest BCUT2D eigenvalue weighted by molar-refractivity contribution is 0.437. The van der Waals surface area contributed by atoms with Gasteiger partial charge in [-0.25, -0.2) is 4.79 Å². The van der Waals surface area contributed by atoms with Gasteiger partial charge in [-0.05, 0) is 142 Å². The van der Waals surface area contributed by atoms with E-state index in [-0.39, 0.29) is 39.9 Å². The first-order chi connectivity index (χ1) is 34.2. The Labute approximate surface area is 426 Å². The van der Waals surface area contributed by atoms with Crippen molar-refractivity contribution in [1.82, 2.24) is 0 Å². The topological polar surface area (TPSA) is 87.7 Å². The molecule has 2 aromatic heterocycles. The third-order valence-corrected chi connectivity index (χ3v) is 16.3. The number of hydrogen-bond acceptors (Lipinski definition) is 6. The first-order valence-corrected chi connectivity index (χ1v) is 25.9. The van der Waals surface area contributed by atoms with Gasteiger partial charge in [-0.2, -0.15) is 0 Å². The summed E-state index contributed by atoms with van der Waals surface area (Å²) in [7, 11) is 0. The molecule has 2 aliphatic rings. The average molecular weight is 1060 g/mol. The zero-order valence-corrected chi connectivity index (χ0v) is 41.9. The second kappa shape index (κ2) is 19.5. The standard InChI is InChI=1S/C31H23BrO3.C31H23BrO2S/c2*32-24-15-13-20(14-16-24)19-9-11-21(12-10-19)23-17-22-5-1-2-6-25(22)27(18-23)29-30(33)26-7-3-4-8-28(26)35-31(29)34/h1-16,23,27,33H,17-18H2;1-16,23,27,34H,17-18H2. The second-order valence-corrected chi connectivity index (χ2v) is 21.2. The highest BCUT2D eigenvalue weighted by Crippen LogP contribution is 2.48. The van der Waals surface area contributed by atoms with Crippen molar-refractivity contribution < 1.29 is 14.6 Å². The minimum atomic E-state index is -0.466. The van der Waals surface area contributed by atoms with Crippen LogP contribution in [0.25, 0.3) is 43.3 Å². The zero-order chi connectivity index (χ0) is 47.9. The molecule has 0 saturated carbocycles. The minimum Gasteiger partial charge on any atom is -0.507 e. The smallest absolute Gasteiger partial charge is 0.343 e. The molecule has 0 radical (unpaired) electrons. The van der Waals surface area contributed by atoms with Crippen LogP contribution in [0.2, 0.25) is 0 Å². The number of benzene rings is 8. The third-order valence-electron chi connectivity index (χ3n) is 14.3. The predicted octanol–water partition coefficient (Wildman–Crippen LogP) is 16.0. The van der Waals surface area contributed by atoms with E-state index in [1.54, 1.807) is 18.2 Å². The fourth-order valence-electron chi connectivity index (χ4n) is 10.8. The van der Waals surface area contributed by atoms with E-state index in [0.29, 0.717) is 27.5 Å². The summed E-state index contributed by atoms with van der Waals surface area (Å²) in [6.45, 7) is 0. The molecule has 344 valence electrons. The molecule has 4 atom stereocenters. The summed E-state index contributed by atoms with van der Waals surface area (Å²) in [6, 6.07) is 65.5. The molecule has 0 bridgehead atoms. The molecule has 2 aliphatic carbocycles. The van der Waals surface area contributed by atoms with E-state index in [1.165, 1.54) is 55.8 Å². The largest absolute Gasteiger partial charge is 0.507 e. The molecule has 8 heteroatoms. The van der Waals surface area contributed by atoms with Crippen LogP contribution in [0, 0.1) is 0 Å². The molecule has 0 saturated heterocycles. The predicted molar refractivity (Wildman–Crippen MR) is 292 cm³/mol. The molecule has 10 aromatic rings. The van der Waals surface area contributed by atoms with Gasteiger partial charge in [0.15, 0.2) is 10.5 Å².